The Morgan fingerprint density at radius 3 is 2.29 bits per heavy atom. The number of hydrogen-bond acceptors (Lipinski definition) is 2. The van der Waals surface area contributed by atoms with Crippen LogP contribution in [0.2, 0.25) is 0 Å². The maximum Gasteiger partial charge on any atom is 0.391 e. The lowest BCUT2D eigenvalue weighted by Crippen LogP contribution is -2.30. The minimum absolute atomic E-state index is 0.233. The summed E-state index contributed by atoms with van der Waals surface area (Å²) in [5.74, 6) is -1.19. The maximum atomic E-state index is 12.1. The summed E-state index contributed by atoms with van der Waals surface area (Å²) in [6, 6.07) is 0. The van der Waals surface area contributed by atoms with E-state index in [0.717, 1.165) is 0 Å². The van der Waals surface area contributed by atoms with E-state index in [4.69, 9.17) is 9.84 Å². The lowest BCUT2D eigenvalue weighted by Gasteiger charge is -2.29. The van der Waals surface area contributed by atoms with E-state index in [-0.39, 0.29) is 12.0 Å². The van der Waals surface area contributed by atoms with Crippen molar-refractivity contribution in [3.8, 4) is 0 Å². The Balaban J connectivity index is 2.28. The van der Waals surface area contributed by atoms with Crippen LogP contribution in [0.5, 0.6) is 0 Å². The molecule has 0 heterocycles. The molecule has 17 heavy (non-hydrogen) atoms. The smallest absolute Gasteiger partial charge is 0.391 e. The van der Waals surface area contributed by atoms with Gasteiger partial charge in [-0.2, -0.15) is 13.2 Å². The first-order valence-corrected chi connectivity index (χ1v) is 5.73. The summed E-state index contributed by atoms with van der Waals surface area (Å²) in [6.45, 7) is 1.40. The Kier molecular flexibility index (Phi) is 4.80. The van der Waals surface area contributed by atoms with E-state index in [1.54, 1.807) is 0 Å². The Hall–Kier alpha value is -0.780. The average Bonchev–Trinajstić information content (AvgIpc) is 2.15. The molecule has 1 atom stereocenters. The Labute approximate surface area is 97.9 Å². The number of ether oxygens (including phenoxy) is 1. The molecule has 0 aliphatic heterocycles. The lowest BCUT2D eigenvalue weighted by molar-refractivity contribution is -0.167. The van der Waals surface area contributed by atoms with Gasteiger partial charge >= 0.3 is 12.1 Å². The number of alkyl halides is 3. The van der Waals surface area contributed by atoms with Gasteiger partial charge in [-0.1, -0.05) is 0 Å². The summed E-state index contributed by atoms with van der Waals surface area (Å²) >= 11 is 0. The molecule has 1 unspecified atom stereocenters. The number of carboxylic acid groups (broad SMARTS) is 1. The zero-order valence-corrected chi connectivity index (χ0v) is 9.67. The number of hydrogen-bond donors (Lipinski definition) is 1. The van der Waals surface area contributed by atoms with Gasteiger partial charge in [-0.3, -0.25) is 4.79 Å². The topological polar surface area (TPSA) is 46.5 Å². The quantitative estimate of drug-likeness (QED) is 0.838. The third kappa shape index (κ3) is 5.39. The third-order valence-corrected chi connectivity index (χ3v) is 2.97. The van der Waals surface area contributed by atoms with Crippen LogP contribution in [0.3, 0.4) is 0 Å². The Morgan fingerprint density at radius 2 is 1.88 bits per heavy atom. The molecule has 0 aromatic heterocycles. The highest BCUT2D eigenvalue weighted by molar-refractivity contribution is 5.70. The number of rotatable bonds is 4. The van der Waals surface area contributed by atoms with Crippen LogP contribution in [0.1, 0.15) is 39.0 Å². The number of aliphatic carboxylic acids is 1. The molecule has 1 N–H and O–H groups in total. The minimum atomic E-state index is -4.21. The van der Waals surface area contributed by atoms with Crippen molar-refractivity contribution in [3.05, 3.63) is 0 Å². The predicted molar refractivity (Wildman–Crippen MR) is 54.6 cm³/mol. The normalized spacial score (nSPS) is 27.8. The van der Waals surface area contributed by atoms with Gasteiger partial charge < -0.3 is 9.84 Å². The van der Waals surface area contributed by atoms with Crippen molar-refractivity contribution in [2.75, 3.05) is 0 Å². The average molecular weight is 254 g/mol. The summed E-state index contributed by atoms with van der Waals surface area (Å²) in [4.78, 5) is 10.7. The van der Waals surface area contributed by atoms with Crippen LogP contribution in [0.4, 0.5) is 13.2 Å². The van der Waals surface area contributed by atoms with Crippen molar-refractivity contribution in [2.45, 2.75) is 57.4 Å². The van der Waals surface area contributed by atoms with Gasteiger partial charge in [0.25, 0.3) is 0 Å². The van der Waals surface area contributed by atoms with E-state index in [0.29, 0.717) is 25.7 Å². The molecule has 0 spiro atoms. The van der Waals surface area contributed by atoms with Crippen LogP contribution in [0.25, 0.3) is 0 Å². The lowest BCUT2D eigenvalue weighted by atomic mass is 9.87. The van der Waals surface area contributed by atoms with Gasteiger partial charge in [-0.05, 0) is 32.6 Å². The fraction of sp³-hybridized carbons (Fsp3) is 0.909. The zero-order chi connectivity index (χ0) is 13.1. The van der Waals surface area contributed by atoms with Gasteiger partial charge in [-0.25, -0.2) is 0 Å². The van der Waals surface area contributed by atoms with Crippen molar-refractivity contribution >= 4 is 5.97 Å². The fourth-order valence-electron chi connectivity index (χ4n) is 2.15. The first kappa shape index (κ1) is 14.3. The maximum absolute atomic E-state index is 12.1. The molecule has 100 valence electrons. The summed E-state index contributed by atoms with van der Waals surface area (Å²) < 4.78 is 41.5. The molecule has 6 heteroatoms. The van der Waals surface area contributed by atoms with Gasteiger partial charge in [0.15, 0.2) is 0 Å². The second-order valence-electron chi connectivity index (χ2n) is 4.58. The van der Waals surface area contributed by atoms with Crippen LogP contribution < -0.4 is 0 Å². The zero-order valence-electron chi connectivity index (χ0n) is 9.67. The van der Waals surface area contributed by atoms with E-state index in [1.807, 2.05) is 0 Å². The molecular weight excluding hydrogens is 237 g/mol. The van der Waals surface area contributed by atoms with E-state index >= 15 is 0 Å². The van der Waals surface area contributed by atoms with Crippen LogP contribution in [-0.4, -0.2) is 29.5 Å². The van der Waals surface area contributed by atoms with Crippen LogP contribution in [-0.2, 0) is 9.53 Å². The molecule has 0 radical (unpaired) electrons. The number of carbonyl (C=O) groups is 1. The Bertz CT molecular complexity index is 257. The molecule has 1 rings (SSSR count). The largest absolute Gasteiger partial charge is 0.481 e. The van der Waals surface area contributed by atoms with Crippen molar-refractivity contribution in [1.29, 1.82) is 0 Å². The highest BCUT2D eigenvalue weighted by atomic mass is 19.4. The molecule has 1 saturated carbocycles. The standard InChI is InChI=1S/C11H17F3O3/c1-7(6-11(12,13)14)17-9-4-2-8(3-5-9)10(15)16/h7-9H,2-6H2,1H3,(H,15,16). The summed E-state index contributed by atoms with van der Waals surface area (Å²) in [5, 5.41) is 8.77. The molecule has 0 amide bonds. The van der Waals surface area contributed by atoms with Gasteiger partial charge in [0.1, 0.15) is 0 Å². The molecule has 1 aliphatic rings. The predicted octanol–water partition coefficient (Wildman–Crippen LogP) is 2.99. The van der Waals surface area contributed by atoms with Crippen molar-refractivity contribution < 1.29 is 27.8 Å². The molecule has 0 aromatic carbocycles. The van der Waals surface area contributed by atoms with E-state index < -0.39 is 24.7 Å². The SMILES string of the molecule is CC(CC(F)(F)F)OC1CCC(C(=O)O)CC1. The van der Waals surface area contributed by atoms with Gasteiger partial charge in [0.2, 0.25) is 0 Å². The van der Waals surface area contributed by atoms with Gasteiger partial charge in [-0.15, -0.1) is 0 Å². The van der Waals surface area contributed by atoms with E-state index in [1.165, 1.54) is 6.92 Å². The summed E-state index contributed by atoms with van der Waals surface area (Å²) in [7, 11) is 0. The monoisotopic (exact) mass is 254 g/mol. The molecule has 3 nitrogen and oxygen atoms in total. The van der Waals surface area contributed by atoms with Crippen molar-refractivity contribution in [2.24, 2.45) is 5.92 Å². The second-order valence-corrected chi connectivity index (χ2v) is 4.58. The Morgan fingerprint density at radius 1 is 1.35 bits per heavy atom. The highest BCUT2D eigenvalue weighted by Crippen LogP contribution is 2.29. The van der Waals surface area contributed by atoms with E-state index in [9.17, 15) is 18.0 Å². The van der Waals surface area contributed by atoms with Crippen LogP contribution in [0.15, 0.2) is 0 Å². The van der Waals surface area contributed by atoms with Crippen LogP contribution >= 0.6 is 0 Å². The second kappa shape index (κ2) is 5.71. The van der Waals surface area contributed by atoms with E-state index in [2.05, 4.69) is 0 Å². The first-order chi connectivity index (χ1) is 7.78. The summed E-state index contributed by atoms with van der Waals surface area (Å²) in [6.07, 6.45) is -4.23. The summed E-state index contributed by atoms with van der Waals surface area (Å²) in [5.41, 5.74) is 0. The molecule has 1 fully saturated rings. The van der Waals surface area contributed by atoms with Crippen molar-refractivity contribution in [3.63, 3.8) is 0 Å². The van der Waals surface area contributed by atoms with Crippen molar-refractivity contribution in [1.82, 2.24) is 0 Å². The molecule has 1 aliphatic carbocycles. The highest BCUT2D eigenvalue weighted by Gasteiger charge is 2.33. The molecule has 0 saturated heterocycles. The molecule has 0 bridgehead atoms. The fourth-order valence-corrected chi connectivity index (χ4v) is 2.15. The number of halogens is 3. The molecular formula is C11H17F3O3. The first-order valence-electron chi connectivity index (χ1n) is 5.73. The molecule has 0 aromatic rings. The van der Waals surface area contributed by atoms with Gasteiger partial charge in [0.05, 0.1) is 24.5 Å². The number of carboxylic acids is 1. The van der Waals surface area contributed by atoms with Gasteiger partial charge in [0, 0.05) is 0 Å². The van der Waals surface area contributed by atoms with Crippen LogP contribution in [0, 0.1) is 5.92 Å². The minimum Gasteiger partial charge on any atom is -0.481 e. The third-order valence-electron chi connectivity index (χ3n) is 2.97.